The smallest absolute Gasteiger partial charge is 0.285 e. The lowest BCUT2D eigenvalue weighted by molar-refractivity contribution is 0.414. The Labute approximate surface area is 152 Å². The highest BCUT2D eigenvalue weighted by Gasteiger charge is 2.17. The molecule has 0 atom stereocenters. The fourth-order valence-corrected chi connectivity index (χ4v) is 3.19. The fourth-order valence-electron chi connectivity index (χ4n) is 2.22. The van der Waals surface area contributed by atoms with E-state index in [2.05, 4.69) is 4.40 Å². The van der Waals surface area contributed by atoms with Gasteiger partial charge in [-0.3, -0.25) is 0 Å². The molecule has 26 heavy (non-hydrogen) atoms. The van der Waals surface area contributed by atoms with Crippen LogP contribution >= 0.6 is 0 Å². The Hall–Kier alpha value is -3.12. The van der Waals surface area contributed by atoms with E-state index < -0.39 is 10.0 Å². The molecular formula is C20H17NO4S. The van der Waals surface area contributed by atoms with Gasteiger partial charge < -0.3 is 9.47 Å². The minimum absolute atomic E-state index is 0.000352. The third-order valence-electron chi connectivity index (χ3n) is 3.54. The number of methoxy groups -OCH3 is 1. The summed E-state index contributed by atoms with van der Waals surface area (Å²) in [5, 5.41) is 0. The van der Waals surface area contributed by atoms with Crippen LogP contribution in [0.5, 0.6) is 11.5 Å². The normalized spacial score (nSPS) is 11.8. The van der Waals surface area contributed by atoms with Crippen LogP contribution in [-0.2, 0) is 10.0 Å². The number of benzene rings is 3. The van der Waals surface area contributed by atoms with Crippen LogP contribution in [0.4, 0.5) is 0 Å². The van der Waals surface area contributed by atoms with Crippen molar-refractivity contribution in [3.05, 3.63) is 90.5 Å². The maximum absolute atomic E-state index is 12.6. The van der Waals surface area contributed by atoms with E-state index in [1.165, 1.54) is 12.1 Å². The standard InChI is InChI=1S/C20H17NO4S/c1-24-17-12-14-18(15-13-17)25-20(16-8-4-2-5-9-16)21-26(22,23)19-10-6-3-7-11-19/h2-15H,1H3/b21-20+. The van der Waals surface area contributed by atoms with Crippen molar-refractivity contribution in [3.63, 3.8) is 0 Å². The van der Waals surface area contributed by atoms with Gasteiger partial charge in [-0.05, 0) is 48.5 Å². The topological polar surface area (TPSA) is 65.0 Å². The van der Waals surface area contributed by atoms with Gasteiger partial charge in [-0.2, -0.15) is 8.42 Å². The summed E-state index contributed by atoms with van der Waals surface area (Å²) in [6, 6.07) is 23.7. The van der Waals surface area contributed by atoms with E-state index in [9.17, 15) is 8.42 Å². The molecule has 3 aromatic carbocycles. The molecule has 132 valence electrons. The van der Waals surface area contributed by atoms with Crippen LogP contribution in [0.15, 0.2) is 94.2 Å². The van der Waals surface area contributed by atoms with Crippen molar-refractivity contribution in [1.29, 1.82) is 0 Å². The van der Waals surface area contributed by atoms with Crippen LogP contribution in [0.2, 0.25) is 0 Å². The van der Waals surface area contributed by atoms with Crippen LogP contribution in [0, 0.1) is 0 Å². The summed E-state index contributed by atoms with van der Waals surface area (Å²) < 4.78 is 40.0. The molecule has 0 radical (unpaired) electrons. The molecule has 0 saturated carbocycles. The third-order valence-corrected chi connectivity index (χ3v) is 4.81. The zero-order valence-corrected chi connectivity index (χ0v) is 14.9. The Bertz CT molecular complexity index is 983. The summed E-state index contributed by atoms with van der Waals surface area (Å²) in [5.41, 5.74) is 0.558. The first-order valence-electron chi connectivity index (χ1n) is 7.86. The maximum atomic E-state index is 12.6. The molecule has 0 aliphatic heterocycles. The molecule has 0 fully saturated rings. The second kappa shape index (κ2) is 7.84. The van der Waals surface area contributed by atoms with E-state index in [0.717, 1.165) is 0 Å². The van der Waals surface area contributed by atoms with Crippen LogP contribution in [0.25, 0.3) is 0 Å². The average Bonchev–Trinajstić information content (AvgIpc) is 2.69. The van der Waals surface area contributed by atoms with Crippen LogP contribution in [0.3, 0.4) is 0 Å². The first-order chi connectivity index (χ1) is 12.6. The van der Waals surface area contributed by atoms with Gasteiger partial charge in [0.1, 0.15) is 11.5 Å². The second-order valence-corrected chi connectivity index (χ2v) is 6.93. The quantitative estimate of drug-likeness (QED) is 0.507. The van der Waals surface area contributed by atoms with Gasteiger partial charge in [0.15, 0.2) is 0 Å². The molecule has 0 heterocycles. The second-order valence-electron chi connectivity index (χ2n) is 5.33. The van der Waals surface area contributed by atoms with Gasteiger partial charge in [0.05, 0.1) is 12.0 Å². The lowest BCUT2D eigenvalue weighted by Gasteiger charge is -2.10. The SMILES string of the molecule is COc1ccc(O/C(=N/S(=O)(=O)c2ccccc2)c2ccccc2)cc1. The van der Waals surface area contributed by atoms with Crippen molar-refractivity contribution >= 4 is 15.9 Å². The van der Waals surface area contributed by atoms with Gasteiger partial charge in [0, 0.05) is 5.56 Å². The number of sulfonamides is 1. The molecule has 0 unspecified atom stereocenters. The summed E-state index contributed by atoms with van der Waals surface area (Å²) in [4.78, 5) is 0.103. The Kier molecular flexibility index (Phi) is 5.34. The van der Waals surface area contributed by atoms with Crippen molar-refractivity contribution in [3.8, 4) is 11.5 Å². The molecule has 0 amide bonds. The Morgan fingerprint density at radius 2 is 1.31 bits per heavy atom. The molecule has 0 N–H and O–H groups in total. The minimum atomic E-state index is -3.90. The van der Waals surface area contributed by atoms with E-state index in [1.807, 2.05) is 6.07 Å². The van der Waals surface area contributed by atoms with Gasteiger partial charge in [-0.15, -0.1) is 4.40 Å². The molecule has 0 bridgehead atoms. The van der Waals surface area contributed by atoms with Gasteiger partial charge in [-0.25, -0.2) is 0 Å². The van der Waals surface area contributed by atoms with E-state index in [4.69, 9.17) is 9.47 Å². The first kappa shape index (κ1) is 17.7. The lowest BCUT2D eigenvalue weighted by atomic mass is 10.2. The van der Waals surface area contributed by atoms with E-state index in [1.54, 1.807) is 73.8 Å². The average molecular weight is 367 g/mol. The van der Waals surface area contributed by atoms with Gasteiger partial charge >= 0.3 is 0 Å². The molecule has 6 heteroatoms. The molecule has 0 aliphatic carbocycles. The summed E-state index contributed by atoms with van der Waals surface area (Å²) in [6.45, 7) is 0. The van der Waals surface area contributed by atoms with Crippen molar-refractivity contribution in [2.24, 2.45) is 4.40 Å². The number of hydrogen-bond acceptors (Lipinski definition) is 4. The van der Waals surface area contributed by atoms with Crippen molar-refractivity contribution in [2.45, 2.75) is 4.90 Å². The van der Waals surface area contributed by atoms with Crippen molar-refractivity contribution in [1.82, 2.24) is 0 Å². The third kappa shape index (κ3) is 4.29. The lowest BCUT2D eigenvalue weighted by Crippen LogP contribution is -2.13. The van der Waals surface area contributed by atoms with E-state index in [0.29, 0.717) is 17.1 Å². The highest BCUT2D eigenvalue weighted by atomic mass is 32.2. The summed E-state index contributed by atoms with van der Waals surface area (Å²) in [7, 11) is -2.33. The molecule has 0 saturated heterocycles. The van der Waals surface area contributed by atoms with Crippen LogP contribution < -0.4 is 9.47 Å². The predicted molar refractivity (Wildman–Crippen MR) is 100 cm³/mol. The summed E-state index contributed by atoms with van der Waals surface area (Å²) in [6.07, 6.45) is 0. The van der Waals surface area contributed by atoms with Crippen molar-refractivity contribution in [2.75, 3.05) is 7.11 Å². The van der Waals surface area contributed by atoms with Gasteiger partial charge in [0.25, 0.3) is 10.0 Å². The molecule has 3 aromatic rings. The maximum Gasteiger partial charge on any atom is 0.285 e. The van der Waals surface area contributed by atoms with Gasteiger partial charge in [0.2, 0.25) is 5.90 Å². The predicted octanol–water partition coefficient (Wildman–Crippen LogP) is 3.91. The highest BCUT2D eigenvalue weighted by molar-refractivity contribution is 7.90. The molecular weight excluding hydrogens is 350 g/mol. The number of ether oxygens (including phenoxy) is 2. The fraction of sp³-hybridized carbons (Fsp3) is 0.0500. The molecule has 3 rings (SSSR count). The molecule has 0 aromatic heterocycles. The number of hydrogen-bond donors (Lipinski definition) is 0. The minimum Gasteiger partial charge on any atom is -0.497 e. The molecule has 0 aliphatic rings. The van der Waals surface area contributed by atoms with Crippen LogP contribution in [0.1, 0.15) is 5.56 Å². The van der Waals surface area contributed by atoms with Gasteiger partial charge in [-0.1, -0.05) is 36.4 Å². The van der Waals surface area contributed by atoms with Crippen LogP contribution in [-0.4, -0.2) is 21.4 Å². The summed E-state index contributed by atoms with van der Waals surface area (Å²) in [5.74, 6) is 1.13. The Morgan fingerprint density at radius 1 is 0.769 bits per heavy atom. The number of rotatable bonds is 5. The zero-order valence-electron chi connectivity index (χ0n) is 14.1. The molecule has 5 nitrogen and oxygen atoms in total. The largest absolute Gasteiger partial charge is 0.497 e. The van der Waals surface area contributed by atoms with Crippen molar-refractivity contribution < 1.29 is 17.9 Å². The number of nitrogens with zero attached hydrogens (tertiary/aromatic N) is 1. The monoisotopic (exact) mass is 367 g/mol. The van der Waals surface area contributed by atoms with E-state index >= 15 is 0 Å². The van der Waals surface area contributed by atoms with E-state index in [-0.39, 0.29) is 10.8 Å². The zero-order chi connectivity index (χ0) is 18.4. The Morgan fingerprint density at radius 3 is 1.88 bits per heavy atom. The molecule has 0 spiro atoms. The Balaban J connectivity index is 2.01. The summed E-state index contributed by atoms with van der Waals surface area (Å²) >= 11 is 0. The highest BCUT2D eigenvalue weighted by Crippen LogP contribution is 2.20. The first-order valence-corrected chi connectivity index (χ1v) is 9.30.